The van der Waals surface area contributed by atoms with Gasteiger partial charge in [-0.15, -0.1) is 0 Å². The molecule has 2 aromatic carbocycles. The number of carbonyl (C=O) groups excluding carboxylic acids is 2. The Morgan fingerprint density at radius 2 is 1.96 bits per heavy atom. The number of aryl methyl sites for hydroxylation is 1. The first-order chi connectivity index (χ1) is 13.5. The Morgan fingerprint density at radius 1 is 1.21 bits per heavy atom. The molecule has 6 heteroatoms. The van der Waals surface area contributed by atoms with Gasteiger partial charge in [0.05, 0.1) is 11.4 Å². The molecule has 2 aromatic rings. The number of hydrogen-bond acceptors (Lipinski definition) is 3. The lowest BCUT2D eigenvalue weighted by Gasteiger charge is -2.22. The van der Waals surface area contributed by atoms with E-state index < -0.39 is 6.03 Å². The largest absolute Gasteiger partial charge is 0.343 e. The monoisotopic (exact) mass is 395 g/mol. The molecular weight excluding hydrogens is 370 g/mol. The molecule has 0 radical (unpaired) electrons. The minimum atomic E-state index is -0.420. The van der Waals surface area contributed by atoms with Crippen molar-refractivity contribution < 1.29 is 9.59 Å². The predicted molar refractivity (Wildman–Crippen MR) is 116 cm³/mol. The SMILES string of the molecule is Cc1ccc(C(C)C)c(N2C(=O)CSC2=NC(=O)NCCc2ccccc2)c1. The standard InChI is InChI=1S/C22H25N3O2S/c1-15(2)18-10-9-16(3)13-19(18)25-20(26)14-28-22(25)24-21(27)23-12-11-17-7-5-4-6-8-17/h4-10,13,15H,11-12,14H2,1-3H3,(H,23,27). The molecule has 1 aliphatic heterocycles. The van der Waals surface area contributed by atoms with Crippen LogP contribution in [0.5, 0.6) is 0 Å². The second kappa shape index (κ2) is 9.06. The minimum Gasteiger partial charge on any atom is -0.336 e. The molecular formula is C22H25N3O2S. The number of nitrogens with one attached hydrogen (secondary N) is 1. The van der Waals surface area contributed by atoms with Crippen LogP contribution in [-0.2, 0) is 11.2 Å². The predicted octanol–water partition coefficient (Wildman–Crippen LogP) is 4.51. The highest BCUT2D eigenvalue weighted by atomic mass is 32.2. The Morgan fingerprint density at radius 3 is 2.68 bits per heavy atom. The lowest BCUT2D eigenvalue weighted by Crippen LogP contribution is -2.32. The zero-order valence-corrected chi connectivity index (χ0v) is 17.3. The third kappa shape index (κ3) is 4.81. The molecule has 5 nitrogen and oxygen atoms in total. The molecule has 0 atom stereocenters. The number of anilines is 1. The number of benzene rings is 2. The zero-order chi connectivity index (χ0) is 20.1. The average Bonchev–Trinajstić information content (AvgIpc) is 3.02. The molecule has 1 N–H and O–H groups in total. The number of thioether (sulfide) groups is 1. The Bertz CT molecular complexity index is 894. The second-order valence-corrected chi connectivity index (χ2v) is 8.04. The Labute approximate surface area is 170 Å². The molecule has 0 spiro atoms. The van der Waals surface area contributed by atoms with Gasteiger partial charge < -0.3 is 5.32 Å². The topological polar surface area (TPSA) is 61.8 Å². The first-order valence-electron chi connectivity index (χ1n) is 9.42. The van der Waals surface area contributed by atoms with E-state index in [1.165, 1.54) is 11.8 Å². The molecule has 0 saturated carbocycles. The third-order valence-electron chi connectivity index (χ3n) is 4.54. The van der Waals surface area contributed by atoms with Gasteiger partial charge in [-0.05, 0) is 42.0 Å². The number of urea groups is 1. The van der Waals surface area contributed by atoms with Crippen molar-refractivity contribution >= 4 is 34.6 Å². The quantitative estimate of drug-likeness (QED) is 0.810. The first-order valence-corrected chi connectivity index (χ1v) is 10.4. The van der Waals surface area contributed by atoms with Gasteiger partial charge in [-0.1, -0.05) is 68.1 Å². The van der Waals surface area contributed by atoms with E-state index in [1.54, 1.807) is 4.90 Å². The molecule has 1 heterocycles. The van der Waals surface area contributed by atoms with Gasteiger partial charge in [0.1, 0.15) is 0 Å². The van der Waals surface area contributed by atoms with Crippen LogP contribution in [0, 0.1) is 6.92 Å². The zero-order valence-electron chi connectivity index (χ0n) is 16.4. The summed E-state index contributed by atoms with van der Waals surface area (Å²) in [6, 6.07) is 15.6. The van der Waals surface area contributed by atoms with E-state index in [4.69, 9.17) is 0 Å². The van der Waals surface area contributed by atoms with Gasteiger partial charge in [-0.25, -0.2) is 4.79 Å². The van der Waals surface area contributed by atoms with Crippen molar-refractivity contribution in [2.45, 2.75) is 33.1 Å². The van der Waals surface area contributed by atoms with Gasteiger partial charge in [0.15, 0.2) is 5.17 Å². The maximum Gasteiger partial charge on any atom is 0.343 e. The summed E-state index contributed by atoms with van der Waals surface area (Å²) >= 11 is 1.30. The van der Waals surface area contributed by atoms with Gasteiger partial charge in [-0.3, -0.25) is 9.69 Å². The fourth-order valence-electron chi connectivity index (χ4n) is 3.10. The van der Waals surface area contributed by atoms with E-state index in [2.05, 4.69) is 24.2 Å². The van der Waals surface area contributed by atoms with Crippen molar-refractivity contribution in [1.29, 1.82) is 0 Å². The van der Waals surface area contributed by atoms with Gasteiger partial charge in [0, 0.05) is 6.54 Å². The molecule has 3 rings (SSSR count). The summed E-state index contributed by atoms with van der Waals surface area (Å²) in [6.45, 7) is 6.68. The number of hydrogen-bond donors (Lipinski definition) is 1. The molecule has 1 aliphatic rings. The van der Waals surface area contributed by atoms with Crippen molar-refractivity contribution in [3.8, 4) is 0 Å². The van der Waals surface area contributed by atoms with Crippen LogP contribution in [-0.4, -0.2) is 29.4 Å². The summed E-state index contributed by atoms with van der Waals surface area (Å²) in [5.74, 6) is 0.505. The van der Waals surface area contributed by atoms with Crippen molar-refractivity contribution in [2.24, 2.45) is 4.99 Å². The number of nitrogens with zero attached hydrogens (tertiary/aromatic N) is 2. The van der Waals surface area contributed by atoms with Crippen molar-refractivity contribution in [1.82, 2.24) is 5.32 Å². The number of amidine groups is 1. The molecule has 0 aromatic heterocycles. The summed E-state index contributed by atoms with van der Waals surface area (Å²) in [6.07, 6.45) is 0.739. The van der Waals surface area contributed by atoms with E-state index in [-0.39, 0.29) is 11.8 Å². The Hall–Kier alpha value is -2.60. The van der Waals surface area contributed by atoms with Crippen LogP contribution in [0.2, 0.25) is 0 Å². The van der Waals surface area contributed by atoms with Crippen LogP contribution in [0.1, 0.15) is 36.5 Å². The lowest BCUT2D eigenvalue weighted by molar-refractivity contribution is -0.115. The summed E-state index contributed by atoms with van der Waals surface area (Å²) in [7, 11) is 0. The van der Waals surface area contributed by atoms with E-state index in [0.29, 0.717) is 17.5 Å². The van der Waals surface area contributed by atoms with Crippen LogP contribution in [0.4, 0.5) is 10.5 Å². The minimum absolute atomic E-state index is 0.0478. The fourth-order valence-corrected chi connectivity index (χ4v) is 3.96. The highest BCUT2D eigenvalue weighted by Crippen LogP contribution is 2.34. The van der Waals surface area contributed by atoms with Crippen LogP contribution in [0.15, 0.2) is 53.5 Å². The number of aliphatic imine (C=N–C) groups is 1. The summed E-state index contributed by atoms with van der Waals surface area (Å²) in [4.78, 5) is 30.6. The maximum atomic E-state index is 12.5. The first kappa shape index (κ1) is 20.1. The Balaban J connectivity index is 1.75. The van der Waals surface area contributed by atoms with Crippen molar-refractivity contribution in [3.63, 3.8) is 0 Å². The molecule has 0 unspecified atom stereocenters. The summed E-state index contributed by atoms with van der Waals surface area (Å²) in [5.41, 5.74) is 4.11. The van der Waals surface area contributed by atoms with Crippen LogP contribution in [0.3, 0.4) is 0 Å². The van der Waals surface area contributed by atoms with Crippen LogP contribution >= 0.6 is 11.8 Å². The third-order valence-corrected chi connectivity index (χ3v) is 5.47. The lowest BCUT2D eigenvalue weighted by atomic mass is 9.99. The summed E-state index contributed by atoms with van der Waals surface area (Å²) < 4.78 is 0. The van der Waals surface area contributed by atoms with E-state index in [1.807, 2.05) is 55.5 Å². The van der Waals surface area contributed by atoms with E-state index in [0.717, 1.165) is 28.8 Å². The summed E-state index contributed by atoms with van der Waals surface area (Å²) in [5, 5.41) is 3.26. The number of carbonyl (C=O) groups is 2. The van der Waals surface area contributed by atoms with Gasteiger partial charge >= 0.3 is 6.03 Å². The molecule has 28 heavy (non-hydrogen) atoms. The van der Waals surface area contributed by atoms with Crippen LogP contribution in [0.25, 0.3) is 0 Å². The van der Waals surface area contributed by atoms with Crippen molar-refractivity contribution in [3.05, 3.63) is 65.2 Å². The van der Waals surface area contributed by atoms with Gasteiger partial charge in [-0.2, -0.15) is 4.99 Å². The van der Waals surface area contributed by atoms with Crippen molar-refractivity contribution in [2.75, 3.05) is 17.2 Å². The second-order valence-electron chi connectivity index (χ2n) is 7.10. The number of rotatable bonds is 5. The van der Waals surface area contributed by atoms with E-state index >= 15 is 0 Å². The normalized spacial score (nSPS) is 15.5. The molecule has 0 bridgehead atoms. The average molecular weight is 396 g/mol. The maximum absolute atomic E-state index is 12.5. The molecule has 0 aliphatic carbocycles. The smallest absolute Gasteiger partial charge is 0.336 e. The highest BCUT2D eigenvalue weighted by molar-refractivity contribution is 8.15. The molecule has 146 valence electrons. The molecule has 3 amide bonds. The Kier molecular flexibility index (Phi) is 6.52. The molecule has 1 fully saturated rings. The fraction of sp³-hybridized carbons (Fsp3) is 0.318. The van der Waals surface area contributed by atoms with E-state index in [9.17, 15) is 9.59 Å². The highest BCUT2D eigenvalue weighted by Gasteiger charge is 2.32. The van der Waals surface area contributed by atoms with Gasteiger partial charge in [0.2, 0.25) is 5.91 Å². The van der Waals surface area contributed by atoms with Crippen LogP contribution < -0.4 is 10.2 Å². The number of amides is 3. The van der Waals surface area contributed by atoms with Gasteiger partial charge in [0.25, 0.3) is 0 Å². The molecule has 1 saturated heterocycles.